The number of benzene rings is 2. The molecule has 0 N–H and O–H groups in total. The van der Waals surface area contributed by atoms with Crippen LogP contribution in [0.25, 0.3) is 11.3 Å². The van der Waals surface area contributed by atoms with E-state index in [2.05, 4.69) is 5.16 Å². The molecule has 1 unspecified atom stereocenters. The first-order valence-electron chi connectivity index (χ1n) is 15.0. The number of sulfone groups is 1. The molecule has 3 heterocycles. The SMILES string of the molecule is O=C(CS(=O)(=O)CC1CCOC1)c1ccc(N2C(=O)[C@@H]3C[C@H]2C[C@H]3OCc2c(-c3c(Cl)cccc3Cl)noc2C2CC2)cc1. The van der Waals surface area contributed by atoms with Crippen molar-refractivity contribution in [2.24, 2.45) is 11.8 Å². The third kappa shape index (κ3) is 5.83. The largest absolute Gasteiger partial charge is 0.381 e. The van der Waals surface area contributed by atoms with Crippen molar-refractivity contribution in [3.63, 3.8) is 0 Å². The molecule has 7 rings (SSSR count). The third-order valence-corrected chi connectivity index (χ3v) is 11.5. The van der Waals surface area contributed by atoms with E-state index in [0.717, 1.165) is 24.2 Å². The summed E-state index contributed by atoms with van der Waals surface area (Å²) in [5.74, 6) is -0.300. The van der Waals surface area contributed by atoms with E-state index in [1.807, 2.05) is 0 Å². The van der Waals surface area contributed by atoms with Crippen LogP contribution >= 0.6 is 23.2 Å². The number of ether oxygens (including phenoxy) is 2. The van der Waals surface area contributed by atoms with Gasteiger partial charge in [0, 0.05) is 40.9 Å². The van der Waals surface area contributed by atoms with Crippen molar-refractivity contribution in [3.8, 4) is 11.3 Å². The van der Waals surface area contributed by atoms with Gasteiger partial charge >= 0.3 is 0 Å². The van der Waals surface area contributed by atoms with Crippen LogP contribution in [0.15, 0.2) is 47.0 Å². The first-order valence-corrected chi connectivity index (χ1v) is 17.5. The van der Waals surface area contributed by atoms with E-state index in [1.165, 1.54) is 0 Å². The highest BCUT2D eigenvalue weighted by molar-refractivity contribution is 7.92. The Morgan fingerprint density at radius 2 is 1.80 bits per heavy atom. The standard InChI is InChI=1S/C32H32Cl2N2O7S/c33-25-2-1-3-26(34)29(25)30-24(31(43-35-30)20-4-5-20)15-42-28-13-22-12-23(28)32(38)36(22)21-8-6-19(7-9-21)27(37)17-44(39,40)16-18-10-11-41-14-18/h1-3,6-9,18,20,22-23,28H,4-5,10-17H2/t18?,22-,23+,28+/m0/s1. The van der Waals surface area contributed by atoms with Crippen LogP contribution in [-0.2, 0) is 30.7 Å². The molecule has 4 aliphatic rings. The summed E-state index contributed by atoms with van der Waals surface area (Å²) >= 11 is 13.0. The van der Waals surface area contributed by atoms with Gasteiger partial charge in [-0.05, 0) is 74.4 Å². The van der Waals surface area contributed by atoms with Crippen molar-refractivity contribution in [3.05, 3.63) is 69.4 Å². The van der Waals surface area contributed by atoms with Crippen LogP contribution in [0.5, 0.6) is 0 Å². The van der Waals surface area contributed by atoms with Crippen molar-refractivity contribution in [1.29, 1.82) is 0 Å². The molecular weight excluding hydrogens is 627 g/mol. The highest BCUT2D eigenvalue weighted by Crippen LogP contribution is 2.47. The number of amides is 1. The van der Waals surface area contributed by atoms with Crippen LogP contribution in [0.2, 0.25) is 10.0 Å². The predicted octanol–water partition coefficient (Wildman–Crippen LogP) is 5.87. The smallest absolute Gasteiger partial charge is 0.233 e. The monoisotopic (exact) mass is 658 g/mol. The second-order valence-electron chi connectivity index (χ2n) is 12.3. The van der Waals surface area contributed by atoms with E-state index in [-0.39, 0.29) is 42.2 Å². The molecule has 2 saturated carbocycles. The first kappa shape index (κ1) is 29.9. The Kier molecular flexibility index (Phi) is 8.07. The number of Topliss-reactive ketones (excluding diaryl/α,β-unsaturated/α-hetero) is 1. The van der Waals surface area contributed by atoms with Gasteiger partial charge in [0.25, 0.3) is 0 Å². The van der Waals surface area contributed by atoms with Crippen molar-refractivity contribution in [1.82, 2.24) is 5.16 Å². The second kappa shape index (κ2) is 11.9. The average Bonchev–Trinajstić information content (AvgIpc) is 3.28. The topological polar surface area (TPSA) is 116 Å². The lowest BCUT2D eigenvalue weighted by atomic mass is 10.0. The van der Waals surface area contributed by atoms with Crippen LogP contribution in [-0.4, -0.2) is 62.1 Å². The number of anilines is 1. The summed E-state index contributed by atoms with van der Waals surface area (Å²) in [5, 5.41) is 5.29. The number of carbonyl (C=O) groups is 2. The highest BCUT2D eigenvalue weighted by atomic mass is 35.5. The van der Waals surface area contributed by atoms with Crippen LogP contribution in [0.1, 0.15) is 59.7 Å². The average molecular weight is 660 g/mol. The minimum absolute atomic E-state index is 0.0196. The Hall–Kier alpha value is -2.76. The number of fused-ring (bicyclic) bond motifs is 2. The van der Waals surface area contributed by atoms with E-state index in [1.54, 1.807) is 47.4 Å². The number of aromatic nitrogens is 1. The quantitative estimate of drug-likeness (QED) is 0.235. The molecule has 9 nitrogen and oxygen atoms in total. The second-order valence-corrected chi connectivity index (χ2v) is 15.2. The van der Waals surface area contributed by atoms with Crippen LogP contribution in [0, 0.1) is 11.8 Å². The molecule has 2 aliphatic heterocycles. The summed E-state index contributed by atoms with van der Waals surface area (Å²) < 4.78 is 42.5. The molecule has 4 fully saturated rings. The minimum atomic E-state index is -3.54. The van der Waals surface area contributed by atoms with Crippen molar-refractivity contribution >= 4 is 50.4 Å². The van der Waals surface area contributed by atoms with E-state index in [9.17, 15) is 18.0 Å². The third-order valence-electron chi connectivity index (χ3n) is 9.14. The molecule has 2 aromatic carbocycles. The van der Waals surface area contributed by atoms with E-state index in [0.29, 0.717) is 70.9 Å². The van der Waals surface area contributed by atoms with Gasteiger partial charge in [0.2, 0.25) is 5.91 Å². The molecule has 4 atom stereocenters. The van der Waals surface area contributed by atoms with Crippen molar-refractivity contribution in [2.45, 2.75) is 56.8 Å². The summed E-state index contributed by atoms with van der Waals surface area (Å²) in [6.45, 7) is 1.21. The number of hydrogen-bond acceptors (Lipinski definition) is 8. The summed E-state index contributed by atoms with van der Waals surface area (Å²) in [6.07, 6.45) is 3.84. The first-order chi connectivity index (χ1) is 21.2. The Morgan fingerprint density at radius 3 is 2.45 bits per heavy atom. The van der Waals surface area contributed by atoms with Gasteiger partial charge in [0.15, 0.2) is 15.6 Å². The molecular formula is C32H32Cl2N2O7S. The molecule has 1 aromatic heterocycles. The molecule has 2 saturated heterocycles. The summed E-state index contributed by atoms with van der Waals surface area (Å²) in [6, 6.07) is 11.9. The number of piperidine rings is 1. The van der Waals surface area contributed by atoms with Gasteiger partial charge in [-0.3, -0.25) is 9.59 Å². The maximum atomic E-state index is 13.5. The Bertz CT molecular complexity index is 1680. The van der Waals surface area contributed by atoms with E-state index >= 15 is 0 Å². The van der Waals surface area contributed by atoms with Crippen molar-refractivity contribution < 1.29 is 32.0 Å². The number of hydrogen-bond donors (Lipinski definition) is 0. The fraction of sp³-hybridized carbons (Fsp3) is 0.469. The van der Waals surface area contributed by atoms with Crippen LogP contribution in [0.3, 0.4) is 0 Å². The highest BCUT2D eigenvalue weighted by Gasteiger charge is 2.52. The van der Waals surface area contributed by atoms with Gasteiger partial charge in [-0.25, -0.2) is 8.42 Å². The number of halogens is 2. The Labute approximate surface area is 265 Å². The molecule has 2 bridgehead atoms. The fourth-order valence-electron chi connectivity index (χ4n) is 6.79. The molecule has 0 radical (unpaired) electrons. The van der Waals surface area contributed by atoms with Crippen molar-refractivity contribution in [2.75, 3.05) is 29.6 Å². The molecule has 12 heteroatoms. The normalized spacial score (nSPS) is 24.9. The number of nitrogens with zero attached hydrogens (tertiary/aromatic N) is 2. The molecule has 44 heavy (non-hydrogen) atoms. The predicted molar refractivity (Wildman–Crippen MR) is 165 cm³/mol. The molecule has 0 spiro atoms. The fourth-order valence-corrected chi connectivity index (χ4v) is 9.03. The van der Waals surface area contributed by atoms with Gasteiger partial charge in [-0.15, -0.1) is 0 Å². The lowest BCUT2D eigenvalue weighted by molar-refractivity contribution is -0.126. The molecule has 1 amide bonds. The van der Waals surface area contributed by atoms with Gasteiger partial charge in [-0.1, -0.05) is 34.4 Å². The maximum Gasteiger partial charge on any atom is 0.233 e. The number of rotatable bonds is 11. The van der Waals surface area contributed by atoms with Gasteiger partial charge in [-0.2, -0.15) is 0 Å². The van der Waals surface area contributed by atoms with Gasteiger partial charge < -0.3 is 18.9 Å². The Morgan fingerprint density at radius 1 is 1.05 bits per heavy atom. The summed E-state index contributed by atoms with van der Waals surface area (Å²) in [7, 11) is -3.54. The molecule has 3 aromatic rings. The number of ketones is 1. The molecule has 2 aliphatic carbocycles. The Balaban J connectivity index is 1.00. The van der Waals surface area contributed by atoms with Crippen LogP contribution in [0.4, 0.5) is 5.69 Å². The van der Waals surface area contributed by atoms with Gasteiger partial charge in [0.05, 0.1) is 41.0 Å². The van der Waals surface area contributed by atoms with E-state index in [4.69, 9.17) is 37.2 Å². The molecule has 232 valence electrons. The zero-order chi connectivity index (χ0) is 30.6. The van der Waals surface area contributed by atoms with Gasteiger partial charge in [0.1, 0.15) is 17.2 Å². The lowest BCUT2D eigenvalue weighted by Gasteiger charge is -2.31. The minimum Gasteiger partial charge on any atom is -0.381 e. The lowest BCUT2D eigenvalue weighted by Crippen LogP contribution is -2.43. The van der Waals surface area contributed by atoms with E-state index < -0.39 is 21.4 Å². The summed E-state index contributed by atoms with van der Waals surface area (Å²) in [4.78, 5) is 28.0. The van der Waals surface area contributed by atoms with Crippen LogP contribution < -0.4 is 4.90 Å². The summed E-state index contributed by atoms with van der Waals surface area (Å²) in [5.41, 5.74) is 3.02. The zero-order valence-corrected chi connectivity index (χ0v) is 26.2. The zero-order valence-electron chi connectivity index (χ0n) is 23.9. The maximum absolute atomic E-state index is 13.5. The number of carbonyl (C=O) groups excluding carboxylic acids is 2.